The monoisotopic (exact) mass is 238 g/mol. The molecule has 0 aliphatic rings. The minimum absolute atomic E-state index is 1.07. The van der Waals surface area contributed by atoms with Crippen LogP contribution in [0.2, 0.25) is 0 Å². The summed E-state index contributed by atoms with van der Waals surface area (Å²) in [4.78, 5) is 0. The largest absolute Gasteiger partial charge is 0.330 e. The van der Waals surface area contributed by atoms with Gasteiger partial charge in [0.15, 0.2) is 0 Å². The zero-order valence-electron chi connectivity index (χ0n) is 10.5. The molecule has 0 heterocycles. The van der Waals surface area contributed by atoms with Crippen LogP contribution < -0.4 is 0 Å². The first-order valence-electron chi connectivity index (χ1n) is 5.06. The van der Waals surface area contributed by atoms with Crippen LogP contribution in [-0.4, -0.2) is 75.8 Å². The molecule has 0 saturated heterocycles. The molecule has 0 N–H and O–H groups in total. The second-order valence-electron chi connectivity index (χ2n) is 5.67. The molecule has 0 aliphatic heterocycles. The molecule has 2 nitrogen and oxygen atoms in total. The molecular formula is C10H26N2S2+2. The quantitative estimate of drug-likeness (QED) is 0.377. The summed E-state index contributed by atoms with van der Waals surface area (Å²) in [5, 5.41) is 0. The summed E-state index contributed by atoms with van der Waals surface area (Å²) >= 11 is 0. The van der Waals surface area contributed by atoms with E-state index in [2.05, 4.69) is 42.3 Å². The maximum atomic E-state index is 2.25. The van der Waals surface area contributed by atoms with Gasteiger partial charge in [-0.2, -0.15) is 0 Å². The summed E-state index contributed by atoms with van der Waals surface area (Å²) in [6, 6.07) is 0. The smallest absolute Gasteiger partial charge is 0.0880 e. The molecule has 0 amide bonds. The summed E-state index contributed by atoms with van der Waals surface area (Å²) < 4.78 is 2.14. The highest BCUT2D eigenvalue weighted by molar-refractivity contribution is 8.76. The fraction of sp³-hybridized carbons (Fsp3) is 1.00. The van der Waals surface area contributed by atoms with Crippen molar-refractivity contribution in [2.75, 3.05) is 66.9 Å². The van der Waals surface area contributed by atoms with Gasteiger partial charge < -0.3 is 8.97 Å². The Kier molecular flexibility index (Phi) is 6.53. The Labute approximate surface area is 97.6 Å². The van der Waals surface area contributed by atoms with Crippen molar-refractivity contribution in [2.45, 2.75) is 0 Å². The average Bonchev–Trinajstić information content (AvgIpc) is 1.92. The van der Waals surface area contributed by atoms with E-state index in [1.165, 1.54) is 24.6 Å². The SMILES string of the molecule is C[N+](C)(C)CCSSCC[N+](C)(C)C. The van der Waals surface area contributed by atoms with Crippen LogP contribution in [0.5, 0.6) is 0 Å². The standard InChI is InChI=1S/C10H26N2S2/c1-11(2,3)7-9-13-14-10-8-12(4,5)6/h7-10H2,1-6H3/q+2. The Bertz CT molecular complexity index is 129. The fourth-order valence-corrected chi connectivity index (χ4v) is 3.37. The van der Waals surface area contributed by atoms with Crippen molar-refractivity contribution in [2.24, 2.45) is 0 Å². The van der Waals surface area contributed by atoms with E-state index in [1.807, 2.05) is 21.6 Å². The number of quaternary nitrogens is 2. The molecule has 0 spiro atoms. The molecule has 0 rings (SSSR count). The van der Waals surface area contributed by atoms with Crippen molar-refractivity contribution in [1.29, 1.82) is 0 Å². The van der Waals surface area contributed by atoms with Gasteiger partial charge in [0.2, 0.25) is 0 Å². The van der Waals surface area contributed by atoms with Crippen molar-refractivity contribution >= 4 is 21.6 Å². The van der Waals surface area contributed by atoms with E-state index in [1.54, 1.807) is 0 Å². The molecule has 0 unspecified atom stereocenters. The van der Waals surface area contributed by atoms with Crippen LogP contribution in [0, 0.1) is 0 Å². The first-order valence-corrected chi connectivity index (χ1v) is 7.55. The van der Waals surface area contributed by atoms with Crippen molar-refractivity contribution in [3.63, 3.8) is 0 Å². The summed E-state index contributed by atoms with van der Waals surface area (Å²) in [6.07, 6.45) is 0. The van der Waals surface area contributed by atoms with Gasteiger partial charge in [-0.05, 0) is 0 Å². The highest BCUT2D eigenvalue weighted by atomic mass is 33.1. The lowest BCUT2D eigenvalue weighted by molar-refractivity contribution is -0.867. The van der Waals surface area contributed by atoms with Crippen LogP contribution >= 0.6 is 21.6 Å². The van der Waals surface area contributed by atoms with E-state index < -0.39 is 0 Å². The maximum absolute atomic E-state index is 2.25. The lowest BCUT2D eigenvalue weighted by Crippen LogP contribution is -2.37. The van der Waals surface area contributed by atoms with Crippen LogP contribution in [0.4, 0.5) is 0 Å². The lowest BCUT2D eigenvalue weighted by atomic mass is 10.6. The number of hydrogen-bond donors (Lipinski definition) is 0. The van der Waals surface area contributed by atoms with E-state index in [-0.39, 0.29) is 0 Å². The van der Waals surface area contributed by atoms with Gasteiger partial charge in [0.25, 0.3) is 0 Å². The predicted molar refractivity (Wildman–Crippen MR) is 70.7 cm³/mol. The van der Waals surface area contributed by atoms with E-state index in [9.17, 15) is 0 Å². The lowest BCUT2D eigenvalue weighted by Gasteiger charge is -2.24. The Morgan fingerprint density at radius 3 is 1.14 bits per heavy atom. The van der Waals surface area contributed by atoms with Gasteiger partial charge in [0, 0.05) is 0 Å². The van der Waals surface area contributed by atoms with Crippen molar-refractivity contribution in [3.05, 3.63) is 0 Å². The third-order valence-electron chi connectivity index (χ3n) is 1.77. The Morgan fingerprint density at radius 2 is 0.929 bits per heavy atom. The molecule has 0 aromatic heterocycles. The van der Waals surface area contributed by atoms with E-state index in [0.29, 0.717) is 0 Å². The Morgan fingerprint density at radius 1 is 0.643 bits per heavy atom. The molecule has 0 saturated carbocycles. The molecule has 0 aromatic carbocycles. The summed E-state index contributed by atoms with van der Waals surface area (Å²) in [7, 11) is 17.5. The molecule has 86 valence electrons. The molecule has 14 heavy (non-hydrogen) atoms. The molecule has 0 aromatic rings. The summed E-state index contributed by atoms with van der Waals surface area (Å²) in [5.41, 5.74) is 0. The molecule has 0 fully saturated rings. The molecule has 0 aliphatic carbocycles. The number of nitrogens with zero attached hydrogens (tertiary/aromatic N) is 2. The highest BCUT2D eigenvalue weighted by Gasteiger charge is 2.08. The maximum Gasteiger partial charge on any atom is 0.0880 e. The van der Waals surface area contributed by atoms with Gasteiger partial charge in [0.05, 0.1) is 66.9 Å². The fourth-order valence-electron chi connectivity index (χ4n) is 0.740. The zero-order valence-corrected chi connectivity index (χ0v) is 12.2. The summed E-state index contributed by atoms with van der Waals surface area (Å²) in [5.74, 6) is 2.51. The van der Waals surface area contributed by atoms with E-state index in [0.717, 1.165) is 8.97 Å². The third-order valence-corrected chi connectivity index (χ3v) is 4.14. The first-order chi connectivity index (χ1) is 6.21. The summed E-state index contributed by atoms with van der Waals surface area (Å²) in [6.45, 7) is 2.50. The number of hydrogen-bond acceptors (Lipinski definition) is 2. The number of rotatable bonds is 7. The Hall–Kier alpha value is 0.620. The van der Waals surface area contributed by atoms with Gasteiger partial charge in [-0.25, -0.2) is 0 Å². The minimum Gasteiger partial charge on any atom is -0.330 e. The topological polar surface area (TPSA) is 0 Å². The first kappa shape index (κ1) is 14.6. The zero-order chi connectivity index (χ0) is 11.2. The predicted octanol–water partition coefficient (Wildman–Crippen LogP) is 1.78. The average molecular weight is 238 g/mol. The highest BCUT2D eigenvalue weighted by Crippen LogP contribution is 2.21. The molecular weight excluding hydrogens is 212 g/mol. The van der Waals surface area contributed by atoms with Crippen LogP contribution in [-0.2, 0) is 0 Å². The normalized spacial score (nSPS) is 13.3. The van der Waals surface area contributed by atoms with Gasteiger partial charge >= 0.3 is 0 Å². The van der Waals surface area contributed by atoms with E-state index >= 15 is 0 Å². The second kappa shape index (κ2) is 6.26. The van der Waals surface area contributed by atoms with Crippen molar-refractivity contribution in [1.82, 2.24) is 0 Å². The van der Waals surface area contributed by atoms with E-state index in [4.69, 9.17) is 0 Å². The van der Waals surface area contributed by atoms with Crippen LogP contribution in [0.1, 0.15) is 0 Å². The molecule has 0 bridgehead atoms. The van der Waals surface area contributed by atoms with Crippen LogP contribution in [0.25, 0.3) is 0 Å². The molecule has 0 atom stereocenters. The van der Waals surface area contributed by atoms with Crippen molar-refractivity contribution in [3.8, 4) is 0 Å². The molecule has 0 radical (unpaired) electrons. The van der Waals surface area contributed by atoms with Crippen LogP contribution in [0.3, 0.4) is 0 Å². The second-order valence-corrected chi connectivity index (χ2v) is 8.37. The van der Waals surface area contributed by atoms with Crippen molar-refractivity contribution < 1.29 is 8.97 Å². The molecule has 4 heteroatoms. The Balaban J connectivity index is 3.23. The van der Waals surface area contributed by atoms with Gasteiger partial charge in [0.1, 0.15) is 0 Å². The van der Waals surface area contributed by atoms with Gasteiger partial charge in [-0.15, -0.1) is 0 Å². The van der Waals surface area contributed by atoms with Gasteiger partial charge in [-0.3, -0.25) is 0 Å². The minimum atomic E-state index is 1.07. The van der Waals surface area contributed by atoms with Crippen LogP contribution in [0.15, 0.2) is 0 Å². The van der Waals surface area contributed by atoms with Gasteiger partial charge in [-0.1, -0.05) is 21.6 Å². The third kappa shape index (κ3) is 12.6.